The van der Waals surface area contributed by atoms with Crippen molar-refractivity contribution in [2.24, 2.45) is 5.92 Å². The molecule has 2 N–H and O–H groups in total. The second kappa shape index (κ2) is 6.30. The van der Waals surface area contributed by atoms with E-state index in [0.29, 0.717) is 5.69 Å². The van der Waals surface area contributed by atoms with Crippen molar-refractivity contribution in [3.05, 3.63) is 42.5 Å². The van der Waals surface area contributed by atoms with Gasteiger partial charge in [0.25, 0.3) is 0 Å². The van der Waals surface area contributed by atoms with Crippen molar-refractivity contribution in [1.82, 2.24) is 0 Å². The van der Waals surface area contributed by atoms with Gasteiger partial charge in [-0.25, -0.2) is 0 Å². The monoisotopic (exact) mass is 296 g/mol. The molecule has 0 bridgehead atoms. The van der Waals surface area contributed by atoms with Crippen LogP contribution in [0.2, 0.25) is 0 Å². The average Bonchev–Trinajstić information content (AvgIpc) is 2.55. The number of nitrogens with zero attached hydrogens (tertiary/aromatic N) is 1. The van der Waals surface area contributed by atoms with Crippen LogP contribution in [0.25, 0.3) is 11.1 Å². The quantitative estimate of drug-likeness (QED) is 0.863. The van der Waals surface area contributed by atoms with Crippen LogP contribution in [-0.4, -0.2) is 20.2 Å². The Bertz CT molecular complexity index is 639. The number of rotatable bonds is 3. The molecule has 2 aromatic carbocycles. The van der Waals surface area contributed by atoms with Gasteiger partial charge in [0.05, 0.1) is 12.8 Å². The van der Waals surface area contributed by atoms with Crippen LogP contribution in [0.15, 0.2) is 42.5 Å². The van der Waals surface area contributed by atoms with Crippen molar-refractivity contribution in [3.63, 3.8) is 0 Å². The van der Waals surface area contributed by atoms with Crippen LogP contribution in [0, 0.1) is 5.92 Å². The molecule has 22 heavy (non-hydrogen) atoms. The van der Waals surface area contributed by atoms with Crippen LogP contribution in [0.5, 0.6) is 5.75 Å². The summed E-state index contributed by atoms with van der Waals surface area (Å²) in [5, 5.41) is 0. The van der Waals surface area contributed by atoms with E-state index in [0.717, 1.165) is 24.8 Å². The first-order valence-electron chi connectivity index (χ1n) is 7.97. The van der Waals surface area contributed by atoms with E-state index in [1.165, 1.54) is 29.7 Å². The lowest BCUT2D eigenvalue weighted by atomic mass is 9.96. The topological polar surface area (TPSA) is 38.5 Å². The van der Waals surface area contributed by atoms with Gasteiger partial charge in [-0.1, -0.05) is 37.3 Å². The Balaban J connectivity index is 2.09. The standard InChI is InChI=1S/C19H24N2O/c1-14-7-6-10-21(13-14)18-12-19(22-2)17(20)11-16(18)15-8-4-3-5-9-15/h3-5,8-9,11-12,14H,6-7,10,13,20H2,1-2H3. The summed E-state index contributed by atoms with van der Waals surface area (Å²) in [4.78, 5) is 2.47. The molecular formula is C19H24N2O. The third-order valence-electron chi connectivity index (χ3n) is 4.43. The molecule has 116 valence electrons. The number of hydrogen-bond acceptors (Lipinski definition) is 3. The molecule has 0 radical (unpaired) electrons. The molecule has 2 aromatic rings. The maximum absolute atomic E-state index is 6.15. The van der Waals surface area contributed by atoms with Gasteiger partial charge >= 0.3 is 0 Å². The number of ether oxygens (including phenoxy) is 1. The normalized spacial score (nSPS) is 18.3. The zero-order valence-corrected chi connectivity index (χ0v) is 13.4. The summed E-state index contributed by atoms with van der Waals surface area (Å²) < 4.78 is 5.44. The first kappa shape index (κ1) is 14.8. The minimum absolute atomic E-state index is 0.690. The Kier molecular flexibility index (Phi) is 4.23. The first-order valence-corrected chi connectivity index (χ1v) is 7.97. The number of anilines is 2. The molecule has 1 unspecified atom stereocenters. The highest BCUT2D eigenvalue weighted by Gasteiger charge is 2.21. The Morgan fingerprint density at radius 2 is 1.95 bits per heavy atom. The molecule has 1 fully saturated rings. The fourth-order valence-corrected chi connectivity index (χ4v) is 3.28. The average molecular weight is 296 g/mol. The van der Waals surface area contributed by atoms with Gasteiger partial charge in [0.1, 0.15) is 5.75 Å². The van der Waals surface area contributed by atoms with Gasteiger partial charge in [0.15, 0.2) is 0 Å². The second-order valence-electron chi connectivity index (χ2n) is 6.17. The number of benzene rings is 2. The molecule has 1 aliphatic rings. The van der Waals surface area contributed by atoms with Crippen LogP contribution >= 0.6 is 0 Å². The molecule has 3 heteroatoms. The predicted molar refractivity (Wildman–Crippen MR) is 93.5 cm³/mol. The molecular weight excluding hydrogens is 272 g/mol. The lowest BCUT2D eigenvalue weighted by Crippen LogP contribution is -2.34. The van der Waals surface area contributed by atoms with Crippen molar-refractivity contribution in [3.8, 4) is 16.9 Å². The molecule has 3 nitrogen and oxygen atoms in total. The fraction of sp³-hybridized carbons (Fsp3) is 0.368. The maximum atomic E-state index is 6.15. The molecule has 0 saturated carbocycles. The zero-order valence-electron chi connectivity index (χ0n) is 13.4. The minimum atomic E-state index is 0.690. The van der Waals surface area contributed by atoms with E-state index < -0.39 is 0 Å². The van der Waals surface area contributed by atoms with E-state index in [-0.39, 0.29) is 0 Å². The van der Waals surface area contributed by atoms with Crippen molar-refractivity contribution in [2.45, 2.75) is 19.8 Å². The number of nitrogens with two attached hydrogens (primary N) is 1. The molecule has 0 aliphatic carbocycles. The summed E-state index contributed by atoms with van der Waals surface area (Å²) in [5.41, 5.74) is 10.5. The van der Waals surface area contributed by atoms with Gasteiger partial charge in [-0.15, -0.1) is 0 Å². The van der Waals surface area contributed by atoms with Gasteiger partial charge in [0, 0.05) is 30.4 Å². The number of piperidine rings is 1. The van der Waals surface area contributed by atoms with Crippen molar-refractivity contribution < 1.29 is 4.74 Å². The molecule has 0 spiro atoms. The zero-order chi connectivity index (χ0) is 15.5. The number of methoxy groups -OCH3 is 1. The molecule has 1 heterocycles. The summed E-state index contributed by atoms with van der Waals surface area (Å²) in [5.74, 6) is 1.48. The van der Waals surface area contributed by atoms with Gasteiger partial charge in [-0.05, 0) is 30.4 Å². The third kappa shape index (κ3) is 2.89. The van der Waals surface area contributed by atoms with E-state index in [4.69, 9.17) is 10.5 Å². The molecule has 3 rings (SSSR count). The fourth-order valence-electron chi connectivity index (χ4n) is 3.28. The van der Waals surface area contributed by atoms with Crippen molar-refractivity contribution >= 4 is 11.4 Å². The Morgan fingerprint density at radius 3 is 2.64 bits per heavy atom. The molecule has 0 amide bonds. The highest BCUT2D eigenvalue weighted by molar-refractivity contribution is 5.84. The van der Waals surface area contributed by atoms with Gasteiger partial charge in [-0.3, -0.25) is 0 Å². The van der Waals surface area contributed by atoms with Crippen LogP contribution < -0.4 is 15.4 Å². The summed E-state index contributed by atoms with van der Waals surface area (Å²) in [6.45, 7) is 4.51. The molecule has 1 aliphatic heterocycles. The lowest BCUT2D eigenvalue weighted by Gasteiger charge is -2.34. The Hall–Kier alpha value is -2.16. The lowest BCUT2D eigenvalue weighted by molar-refractivity contribution is 0.415. The minimum Gasteiger partial charge on any atom is -0.495 e. The Labute approximate surface area is 132 Å². The summed E-state index contributed by atoms with van der Waals surface area (Å²) >= 11 is 0. The van der Waals surface area contributed by atoms with Crippen molar-refractivity contribution in [2.75, 3.05) is 30.8 Å². The van der Waals surface area contributed by atoms with E-state index in [1.54, 1.807) is 7.11 Å². The van der Waals surface area contributed by atoms with E-state index >= 15 is 0 Å². The highest BCUT2D eigenvalue weighted by Crippen LogP contribution is 2.39. The molecule has 1 atom stereocenters. The van der Waals surface area contributed by atoms with Crippen LogP contribution in [0.3, 0.4) is 0 Å². The van der Waals surface area contributed by atoms with E-state index in [9.17, 15) is 0 Å². The van der Waals surface area contributed by atoms with E-state index in [1.807, 2.05) is 12.1 Å². The number of hydrogen-bond donors (Lipinski definition) is 1. The third-order valence-corrected chi connectivity index (χ3v) is 4.43. The van der Waals surface area contributed by atoms with Crippen LogP contribution in [0.4, 0.5) is 11.4 Å². The summed E-state index contributed by atoms with van der Waals surface area (Å²) in [6, 6.07) is 14.6. The first-order chi connectivity index (χ1) is 10.7. The van der Waals surface area contributed by atoms with Gasteiger partial charge < -0.3 is 15.4 Å². The SMILES string of the molecule is COc1cc(N2CCCC(C)C2)c(-c2ccccc2)cc1N. The molecule has 0 aromatic heterocycles. The summed E-state index contributed by atoms with van der Waals surface area (Å²) in [6.07, 6.45) is 2.55. The van der Waals surface area contributed by atoms with Crippen molar-refractivity contribution in [1.29, 1.82) is 0 Å². The highest BCUT2D eigenvalue weighted by atomic mass is 16.5. The Morgan fingerprint density at radius 1 is 1.18 bits per heavy atom. The van der Waals surface area contributed by atoms with Crippen LogP contribution in [-0.2, 0) is 0 Å². The van der Waals surface area contributed by atoms with Gasteiger partial charge in [-0.2, -0.15) is 0 Å². The second-order valence-corrected chi connectivity index (χ2v) is 6.17. The maximum Gasteiger partial charge on any atom is 0.143 e. The number of nitrogen functional groups attached to an aromatic ring is 1. The van der Waals surface area contributed by atoms with E-state index in [2.05, 4.69) is 42.2 Å². The molecule has 1 saturated heterocycles. The predicted octanol–water partition coefficient (Wildman–Crippen LogP) is 4.18. The largest absolute Gasteiger partial charge is 0.495 e. The summed E-state index contributed by atoms with van der Waals surface area (Å²) in [7, 11) is 1.68. The van der Waals surface area contributed by atoms with Gasteiger partial charge in [0.2, 0.25) is 0 Å². The smallest absolute Gasteiger partial charge is 0.143 e. The van der Waals surface area contributed by atoms with Crippen LogP contribution in [0.1, 0.15) is 19.8 Å².